The van der Waals surface area contributed by atoms with E-state index >= 15 is 0 Å². The van der Waals surface area contributed by atoms with E-state index < -0.39 is 0 Å². The summed E-state index contributed by atoms with van der Waals surface area (Å²) in [4.78, 5) is 36.8. The first-order chi connectivity index (χ1) is 19.6. The molecule has 3 aliphatic heterocycles. The monoisotopic (exact) mass is 654 g/mol. The Labute approximate surface area is 274 Å². The molecule has 2 aromatic rings. The molecule has 0 radical (unpaired) electrons. The van der Waals surface area contributed by atoms with E-state index in [0.717, 1.165) is 56.0 Å². The third kappa shape index (κ3) is 10.3. The van der Waals surface area contributed by atoms with Gasteiger partial charge in [-0.2, -0.15) is 0 Å². The highest BCUT2D eigenvalue weighted by Gasteiger charge is 2.32. The van der Waals surface area contributed by atoms with Gasteiger partial charge in [-0.3, -0.25) is 14.6 Å². The van der Waals surface area contributed by atoms with Crippen LogP contribution in [0.25, 0.3) is 0 Å². The molecular weight excluding hydrogens is 611 g/mol. The first-order valence-electron chi connectivity index (χ1n) is 14.6. The Kier molecular flexibility index (Phi) is 15.6. The second-order valence-electron chi connectivity index (χ2n) is 11.0. The summed E-state index contributed by atoms with van der Waals surface area (Å²) in [5.41, 5.74) is 3.24. The van der Waals surface area contributed by atoms with Crippen molar-refractivity contribution < 1.29 is 14.3 Å². The van der Waals surface area contributed by atoms with Crippen LogP contribution in [-0.2, 0) is 22.6 Å². The molecule has 43 heavy (non-hydrogen) atoms. The van der Waals surface area contributed by atoms with E-state index in [0.29, 0.717) is 39.2 Å². The number of pyridine rings is 1. The van der Waals surface area contributed by atoms with Crippen LogP contribution in [0.5, 0.6) is 5.75 Å². The molecule has 2 fully saturated rings. The van der Waals surface area contributed by atoms with Crippen LogP contribution >= 0.6 is 37.2 Å². The molecule has 3 aliphatic rings. The second kappa shape index (κ2) is 18.3. The van der Waals surface area contributed by atoms with Crippen molar-refractivity contribution in [1.82, 2.24) is 25.4 Å². The molecule has 238 valence electrons. The summed E-state index contributed by atoms with van der Waals surface area (Å²) in [5.74, 6) is 1.40. The van der Waals surface area contributed by atoms with Gasteiger partial charge in [0.2, 0.25) is 11.8 Å². The number of nitrogens with zero attached hydrogens (tertiary/aromatic N) is 4. The van der Waals surface area contributed by atoms with Crippen molar-refractivity contribution in [2.45, 2.75) is 25.8 Å². The van der Waals surface area contributed by atoms with E-state index in [4.69, 9.17) is 4.74 Å². The smallest absolute Gasteiger partial charge is 0.236 e. The zero-order valence-electron chi connectivity index (χ0n) is 24.8. The highest BCUT2D eigenvalue weighted by molar-refractivity contribution is 5.86. The lowest BCUT2D eigenvalue weighted by Crippen LogP contribution is -2.47. The molecule has 2 atom stereocenters. The minimum absolute atomic E-state index is 0. The summed E-state index contributed by atoms with van der Waals surface area (Å²) in [7, 11) is 1.87. The van der Waals surface area contributed by atoms with Crippen molar-refractivity contribution in [2.75, 3.05) is 70.9 Å². The molecular formula is C31H45Cl3N6O3. The van der Waals surface area contributed by atoms with Gasteiger partial charge < -0.3 is 30.1 Å². The number of hydrogen-bond acceptors (Lipinski definition) is 7. The third-order valence-corrected chi connectivity index (χ3v) is 8.29. The molecule has 2 bridgehead atoms. The molecule has 9 nitrogen and oxygen atoms in total. The van der Waals surface area contributed by atoms with E-state index in [1.807, 2.05) is 41.1 Å². The number of ether oxygens (including phenoxy) is 1. The van der Waals surface area contributed by atoms with Gasteiger partial charge in [0.15, 0.2) is 0 Å². The lowest BCUT2D eigenvalue weighted by Gasteiger charge is -2.37. The standard InChI is InChI=1S/C31H42N6O3.3ClH/c1-35(14-10-27-6-2-3-11-34-27)30(38)20-24-9-15-37-23-25(24)5-4-18-40-29-8-7-28(36-16-12-32-13-17-36)19-26(29)21-33-22-31(37)39;;;/h2-8,11,19,24-25,32-33H,9-10,12-18,20-23H2,1H3;3*1H/b5-4+;;;/t24-,25-;;;/m0.../s1. The highest BCUT2D eigenvalue weighted by atomic mass is 35.5. The number of hydrogen-bond donors (Lipinski definition) is 2. The van der Waals surface area contributed by atoms with E-state index in [-0.39, 0.29) is 67.4 Å². The minimum Gasteiger partial charge on any atom is -0.489 e. The molecule has 4 heterocycles. The van der Waals surface area contributed by atoms with Gasteiger partial charge in [0, 0.05) is 95.4 Å². The number of anilines is 1. The number of piperidine rings is 1. The number of carbonyl (C=O) groups is 2. The third-order valence-electron chi connectivity index (χ3n) is 8.29. The van der Waals surface area contributed by atoms with Crippen molar-refractivity contribution in [3.63, 3.8) is 0 Å². The molecule has 2 N–H and O–H groups in total. The Hall–Kier alpha value is -2.56. The van der Waals surface area contributed by atoms with E-state index in [2.05, 4.69) is 44.8 Å². The van der Waals surface area contributed by atoms with Gasteiger partial charge in [-0.15, -0.1) is 37.2 Å². The largest absolute Gasteiger partial charge is 0.489 e. The molecule has 5 rings (SSSR count). The van der Waals surface area contributed by atoms with Crippen LogP contribution in [0.3, 0.4) is 0 Å². The predicted molar refractivity (Wildman–Crippen MR) is 178 cm³/mol. The van der Waals surface area contributed by atoms with Crippen molar-refractivity contribution in [3.8, 4) is 5.75 Å². The summed E-state index contributed by atoms with van der Waals surface area (Å²) in [5, 5.41) is 6.76. The molecule has 0 aliphatic carbocycles. The van der Waals surface area contributed by atoms with Gasteiger partial charge >= 0.3 is 0 Å². The van der Waals surface area contributed by atoms with Gasteiger partial charge in [0.1, 0.15) is 12.4 Å². The summed E-state index contributed by atoms with van der Waals surface area (Å²) in [6.45, 7) is 7.19. The number of halogens is 3. The number of benzene rings is 1. The quantitative estimate of drug-likeness (QED) is 0.462. The van der Waals surface area contributed by atoms with Crippen LogP contribution in [0.2, 0.25) is 0 Å². The lowest BCUT2D eigenvalue weighted by atomic mass is 9.82. The fraction of sp³-hybridized carbons (Fsp3) is 0.516. The average Bonchev–Trinajstić information content (AvgIpc) is 3.00. The van der Waals surface area contributed by atoms with E-state index in [9.17, 15) is 9.59 Å². The average molecular weight is 656 g/mol. The maximum atomic E-state index is 13.1. The first-order valence-corrected chi connectivity index (χ1v) is 14.6. The predicted octanol–water partition coefficient (Wildman–Crippen LogP) is 3.35. The number of piperazine rings is 1. The molecule has 2 amide bonds. The zero-order valence-corrected chi connectivity index (χ0v) is 27.2. The molecule has 0 unspecified atom stereocenters. The Morgan fingerprint density at radius 2 is 1.86 bits per heavy atom. The SMILES string of the molecule is CN(CCc1ccccn1)C(=O)C[C@@H]1CCN2C[C@@H]1/C=C/COc1ccc(N3CCNCC3)cc1CNCC2=O.Cl.Cl.Cl. The highest BCUT2D eigenvalue weighted by Crippen LogP contribution is 2.30. The molecule has 1 aromatic heterocycles. The minimum atomic E-state index is 0. The van der Waals surface area contributed by atoms with Gasteiger partial charge in [0.25, 0.3) is 0 Å². The van der Waals surface area contributed by atoms with Gasteiger partial charge in [0.05, 0.1) is 6.54 Å². The van der Waals surface area contributed by atoms with Gasteiger partial charge in [-0.25, -0.2) is 0 Å². The maximum Gasteiger partial charge on any atom is 0.236 e. The normalized spacial score (nSPS) is 21.1. The number of aromatic nitrogens is 1. The summed E-state index contributed by atoms with van der Waals surface area (Å²) in [6.07, 6.45) is 8.03. The van der Waals surface area contributed by atoms with E-state index in [1.165, 1.54) is 5.69 Å². The van der Waals surface area contributed by atoms with Crippen LogP contribution in [0.15, 0.2) is 54.7 Å². The van der Waals surface area contributed by atoms with Crippen molar-refractivity contribution >= 4 is 54.7 Å². The number of rotatable bonds is 6. The lowest BCUT2D eigenvalue weighted by molar-refractivity contribution is -0.134. The van der Waals surface area contributed by atoms with Crippen molar-refractivity contribution in [2.24, 2.45) is 11.8 Å². The van der Waals surface area contributed by atoms with Crippen LogP contribution in [0, 0.1) is 11.8 Å². The summed E-state index contributed by atoms with van der Waals surface area (Å²) in [6, 6.07) is 12.2. The molecule has 1 aromatic carbocycles. The maximum absolute atomic E-state index is 13.1. The zero-order chi connectivity index (χ0) is 27.7. The fourth-order valence-corrected chi connectivity index (χ4v) is 5.81. The Bertz CT molecular complexity index is 1180. The topological polar surface area (TPSA) is 90.0 Å². The Morgan fingerprint density at radius 1 is 1.05 bits per heavy atom. The summed E-state index contributed by atoms with van der Waals surface area (Å²) < 4.78 is 6.20. The number of fused-ring (bicyclic) bond motifs is 3. The van der Waals surface area contributed by atoms with Gasteiger partial charge in [-0.1, -0.05) is 18.2 Å². The Balaban J connectivity index is 0.00000215. The number of likely N-dealkylation sites (N-methyl/N-ethyl adjacent to an activating group) is 1. The van der Waals surface area contributed by atoms with Crippen molar-refractivity contribution in [1.29, 1.82) is 0 Å². The molecule has 2 saturated heterocycles. The molecule has 0 spiro atoms. The van der Waals surface area contributed by atoms with E-state index in [1.54, 1.807) is 6.20 Å². The van der Waals surface area contributed by atoms with Crippen molar-refractivity contribution in [3.05, 3.63) is 66.0 Å². The van der Waals surface area contributed by atoms with Crippen LogP contribution in [0.4, 0.5) is 5.69 Å². The fourth-order valence-electron chi connectivity index (χ4n) is 5.81. The van der Waals surface area contributed by atoms with Crippen LogP contribution in [0.1, 0.15) is 24.1 Å². The van der Waals surface area contributed by atoms with Crippen LogP contribution in [-0.4, -0.2) is 92.6 Å². The number of nitrogens with one attached hydrogen (secondary N) is 2. The van der Waals surface area contributed by atoms with Crippen LogP contribution < -0.4 is 20.3 Å². The molecule has 0 saturated carbocycles. The molecule has 12 heteroatoms. The first kappa shape index (κ1) is 36.6. The number of amides is 2. The second-order valence-corrected chi connectivity index (χ2v) is 11.0. The van der Waals surface area contributed by atoms with Gasteiger partial charge in [-0.05, 0) is 48.6 Å². The Morgan fingerprint density at radius 3 is 2.63 bits per heavy atom. The summed E-state index contributed by atoms with van der Waals surface area (Å²) >= 11 is 0. The number of carbonyl (C=O) groups excluding carboxylic acids is 2.